The molecule has 0 unspecified atom stereocenters. The third-order valence-corrected chi connectivity index (χ3v) is 3.14. The Balaban J connectivity index is 1.99. The van der Waals surface area contributed by atoms with Crippen LogP contribution in [0.2, 0.25) is 0 Å². The van der Waals surface area contributed by atoms with Gasteiger partial charge in [0.15, 0.2) is 5.76 Å². The summed E-state index contributed by atoms with van der Waals surface area (Å²) in [5, 5.41) is 16.1. The molecule has 1 aromatic rings. The summed E-state index contributed by atoms with van der Waals surface area (Å²) < 4.78 is 5.04. The van der Waals surface area contributed by atoms with E-state index in [-0.39, 0.29) is 0 Å². The van der Waals surface area contributed by atoms with Gasteiger partial charge in [-0.1, -0.05) is 18.0 Å². The summed E-state index contributed by atoms with van der Waals surface area (Å²) in [5.41, 5.74) is 0.0494. The van der Waals surface area contributed by atoms with E-state index in [0.29, 0.717) is 25.1 Å². The predicted molar refractivity (Wildman–Crippen MR) is 56.9 cm³/mol. The minimum absolute atomic E-state index is 0.424. The molecule has 1 aliphatic carbocycles. The molecule has 0 aliphatic heterocycles. The molecule has 1 fully saturated rings. The van der Waals surface area contributed by atoms with Crippen molar-refractivity contribution >= 4 is 5.97 Å². The number of carbonyl (C=O) groups is 1. The lowest BCUT2D eigenvalue weighted by Crippen LogP contribution is -2.49. The highest BCUT2D eigenvalue weighted by Gasteiger charge is 2.40. The number of carboxylic acids is 1. The molecular formula is C11H16N2O3. The molecule has 1 aliphatic rings. The monoisotopic (exact) mass is 224 g/mol. The summed E-state index contributed by atoms with van der Waals surface area (Å²) in [6.45, 7) is 2.27. The number of aryl methyl sites for hydroxylation is 1. The second-order valence-corrected chi connectivity index (χ2v) is 4.38. The fraction of sp³-hybridized carbons (Fsp3) is 0.636. The van der Waals surface area contributed by atoms with Crippen molar-refractivity contribution < 1.29 is 14.4 Å². The van der Waals surface area contributed by atoms with Gasteiger partial charge in [0.1, 0.15) is 5.54 Å². The maximum atomic E-state index is 11.2. The molecule has 5 heteroatoms. The number of rotatable bonds is 4. The normalized spacial score (nSPS) is 18.8. The molecule has 1 aromatic heterocycles. The molecule has 88 valence electrons. The number of hydrogen-bond donors (Lipinski definition) is 2. The molecule has 16 heavy (non-hydrogen) atoms. The van der Waals surface area contributed by atoms with Crippen molar-refractivity contribution in [2.75, 3.05) is 0 Å². The van der Waals surface area contributed by atoms with Gasteiger partial charge in [-0.15, -0.1) is 0 Å². The minimum atomic E-state index is -0.763. The highest BCUT2D eigenvalue weighted by atomic mass is 16.5. The Labute approximate surface area is 93.8 Å². The second-order valence-electron chi connectivity index (χ2n) is 4.38. The molecule has 0 spiro atoms. The number of carboxylic acid groups (broad SMARTS) is 1. The van der Waals surface area contributed by atoms with Crippen LogP contribution in [0.1, 0.15) is 37.1 Å². The van der Waals surface area contributed by atoms with E-state index in [4.69, 9.17) is 4.52 Å². The first-order valence-electron chi connectivity index (χ1n) is 5.53. The van der Waals surface area contributed by atoms with Gasteiger partial charge in [0.25, 0.3) is 0 Å². The maximum absolute atomic E-state index is 11.2. The van der Waals surface area contributed by atoms with Gasteiger partial charge in [-0.05, 0) is 19.8 Å². The predicted octanol–water partition coefficient (Wildman–Crippen LogP) is 1.47. The summed E-state index contributed by atoms with van der Waals surface area (Å²) in [6, 6.07) is 1.82. The van der Waals surface area contributed by atoms with Crippen LogP contribution in [-0.4, -0.2) is 21.8 Å². The van der Waals surface area contributed by atoms with E-state index in [1.165, 1.54) is 0 Å². The summed E-state index contributed by atoms with van der Waals surface area (Å²) in [4.78, 5) is 11.2. The Kier molecular flexibility index (Phi) is 2.96. The first kappa shape index (κ1) is 11.1. The Morgan fingerprint density at radius 2 is 2.31 bits per heavy atom. The molecule has 0 amide bonds. The summed E-state index contributed by atoms with van der Waals surface area (Å²) in [6.07, 6.45) is 3.31. The van der Waals surface area contributed by atoms with Gasteiger partial charge >= 0.3 is 5.97 Å². The average Bonchev–Trinajstić information content (AvgIpc) is 2.84. The Hall–Kier alpha value is -1.36. The van der Waals surface area contributed by atoms with Crippen LogP contribution in [0.3, 0.4) is 0 Å². The fourth-order valence-corrected chi connectivity index (χ4v) is 2.20. The lowest BCUT2D eigenvalue weighted by Gasteiger charge is -2.24. The summed E-state index contributed by atoms with van der Waals surface area (Å²) in [7, 11) is 0. The van der Waals surface area contributed by atoms with Crippen molar-refractivity contribution in [3.8, 4) is 0 Å². The van der Waals surface area contributed by atoms with E-state index in [0.717, 1.165) is 18.5 Å². The highest BCUT2D eigenvalue weighted by Crippen LogP contribution is 2.30. The first-order chi connectivity index (χ1) is 7.62. The van der Waals surface area contributed by atoms with Crippen LogP contribution in [-0.2, 0) is 11.3 Å². The van der Waals surface area contributed by atoms with Crippen molar-refractivity contribution in [3.05, 3.63) is 17.5 Å². The Bertz CT molecular complexity index is 380. The molecule has 2 rings (SSSR count). The third kappa shape index (κ3) is 2.09. The lowest BCUT2D eigenvalue weighted by atomic mass is 9.98. The Morgan fingerprint density at radius 1 is 1.62 bits per heavy atom. The van der Waals surface area contributed by atoms with Crippen LogP contribution in [0.25, 0.3) is 0 Å². The van der Waals surface area contributed by atoms with Gasteiger partial charge in [-0.3, -0.25) is 10.1 Å². The zero-order valence-electron chi connectivity index (χ0n) is 9.32. The third-order valence-electron chi connectivity index (χ3n) is 3.14. The molecule has 0 atom stereocenters. The molecule has 1 heterocycles. The largest absolute Gasteiger partial charge is 0.480 e. The summed E-state index contributed by atoms with van der Waals surface area (Å²) in [5.74, 6) is -0.0775. The van der Waals surface area contributed by atoms with Crippen LogP contribution < -0.4 is 5.32 Å². The SMILES string of the molecule is Cc1cc(CNC2(C(=O)O)CCCC2)on1. The second kappa shape index (κ2) is 4.25. The molecule has 2 N–H and O–H groups in total. The van der Waals surface area contributed by atoms with Crippen molar-refractivity contribution in [2.45, 2.75) is 44.7 Å². The van der Waals surface area contributed by atoms with Crippen molar-refractivity contribution in [1.29, 1.82) is 0 Å². The van der Waals surface area contributed by atoms with E-state index in [1.807, 2.05) is 13.0 Å². The number of nitrogens with zero attached hydrogens (tertiary/aromatic N) is 1. The maximum Gasteiger partial charge on any atom is 0.323 e. The molecule has 0 saturated heterocycles. The Morgan fingerprint density at radius 3 is 2.81 bits per heavy atom. The number of hydrogen-bond acceptors (Lipinski definition) is 4. The molecule has 0 aromatic carbocycles. The van der Waals surface area contributed by atoms with Crippen LogP contribution >= 0.6 is 0 Å². The van der Waals surface area contributed by atoms with E-state index in [1.54, 1.807) is 0 Å². The van der Waals surface area contributed by atoms with Crippen molar-refractivity contribution in [2.24, 2.45) is 0 Å². The number of nitrogens with one attached hydrogen (secondary N) is 1. The zero-order chi connectivity index (χ0) is 11.6. The van der Waals surface area contributed by atoms with Crippen molar-refractivity contribution in [3.63, 3.8) is 0 Å². The number of aromatic nitrogens is 1. The molecule has 0 radical (unpaired) electrons. The van der Waals surface area contributed by atoms with E-state index in [2.05, 4.69) is 10.5 Å². The van der Waals surface area contributed by atoms with Gasteiger partial charge in [0, 0.05) is 6.07 Å². The fourth-order valence-electron chi connectivity index (χ4n) is 2.20. The van der Waals surface area contributed by atoms with E-state index < -0.39 is 11.5 Å². The van der Waals surface area contributed by atoms with Crippen LogP contribution in [0, 0.1) is 6.92 Å². The van der Waals surface area contributed by atoms with Gasteiger partial charge in [-0.2, -0.15) is 0 Å². The molecule has 1 saturated carbocycles. The van der Waals surface area contributed by atoms with Crippen LogP contribution in [0.4, 0.5) is 0 Å². The molecule has 0 bridgehead atoms. The van der Waals surface area contributed by atoms with E-state index >= 15 is 0 Å². The quantitative estimate of drug-likeness (QED) is 0.810. The molecule has 5 nitrogen and oxygen atoms in total. The van der Waals surface area contributed by atoms with Crippen LogP contribution in [0.5, 0.6) is 0 Å². The first-order valence-corrected chi connectivity index (χ1v) is 5.53. The van der Waals surface area contributed by atoms with E-state index in [9.17, 15) is 9.90 Å². The lowest BCUT2D eigenvalue weighted by molar-refractivity contribution is -0.144. The number of aliphatic carboxylic acids is 1. The van der Waals surface area contributed by atoms with Crippen LogP contribution in [0.15, 0.2) is 10.6 Å². The standard InChI is InChI=1S/C11H16N2O3/c1-8-6-9(16-13-8)7-12-11(10(14)15)4-2-3-5-11/h6,12H,2-5,7H2,1H3,(H,14,15). The average molecular weight is 224 g/mol. The summed E-state index contributed by atoms with van der Waals surface area (Å²) >= 11 is 0. The smallest absolute Gasteiger partial charge is 0.323 e. The van der Waals surface area contributed by atoms with Gasteiger partial charge in [-0.25, -0.2) is 0 Å². The highest BCUT2D eigenvalue weighted by molar-refractivity contribution is 5.79. The minimum Gasteiger partial charge on any atom is -0.480 e. The molecular weight excluding hydrogens is 208 g/mol. The van der Waals surface area contributed by atoms with Gasteiger partial charge in [0.05, 0.1) is 12.2 Å². The zero-order valence-corrected chi connectivity index (χ0v) is 9.32. The topological polar surface area (TPSA) is 75.4 Å². The van der Waals surface area contributed by atoms with Gasteiger partial charge < -0.3 is 9.63 Å². The van der Waals surface area contributed by atoms with Gasteiger partial charge in [0.2, 0.25) is 0 Å². The van der Waals surface area contributed by atoms with Crippen molar-refractivity contribution in [1.82, 2.24) is 10.5 Å².